The smallest absolute Gasteiger partial charge is 0.137 e. The molecule has 1 rings (SSSR count). The van der Waals surface area contributed by atoms with Crippen molar-refractivity contribution in [3.63, 3.8) is 0 Å². The van der Waals surface area contributed by atoms with Crippen LogP contribution in [0, 0.1) is 6.92 Å². The third-order valence-corrected chi connectivity index (χ3v) is 0.535. The van der Waals surface area contributed by atoms with Crippen LogP contribution < -0.4 is 0 Å². The van der Waals surface area contributed by atoms with Gasteiger partial charge in [-0.1, -0.05) is 0 Å². The quantitative estimate of drug-likeness (QED) is 0.489. The van der Waals surface area contributed by atoms with E-state index in [9.17, 15) is 0 Å². The van der Waals surface area contributed by atoms with Gasteiger partial charge in [-0.15, -0.1) is 0 Å². The molecule has 0 saturated heterocycles. The second kappa shape index (κ2) is 4.26. The van der Waals surface area contributed by atoms with Crippen LogP contribution in [0.15, 0.2) is 6.33 Å². The molecule has 46 valence electrons. The van der Waals surface area contributed by atoms with Gasteiger partial charge in [-0.3, -0.25) is 5.10 Å². The first-order valence-corrected chi connectivity index (χ1v) is 2.16. The Bertz CT molecular complexity index is 115. The highest BCUT2D eigenvalue weighted by atomic mass is 16.2. The molecule has 1 aromatic heterocycles. The van der Waals surface area contributed by atoms with E-state index in [1.54, 1.807) is 0 Å². The minimum atomic E-state index is 0.856. The van der Waals surface area contributed by atoms with E-state index < -0.39 is 0 Å². The van der Waals surface area contributed by atoms with Crippen LogP contribution in [0.3, 0.4) is 0 Å². The van der Waals surface area contributed by atoms with E-state index in [1.165, 1.54) is 6.33 Å². The fourth-order valence-corrected chi connectivity index (χ4v) is 0.267. The molecule has 8 heavy (non-hydrogen) atoms. The van der Waals surface area contributed by atoms with E-state index in [4.69, 9.17) is 5.11 Å². The van der Waals surface area contributed by atoms with Crippen LogP contribution in [-0.2, 0) is 0 Å². The standard InChI is InChI=1S/C3H5N3.CH4O/c1-3-4-2-5-6-3;1-2/h2H,1H3,(H,4,5,6);2H,1H3. The number of H-pyrrole nitrogens is 1. The summed E-state index contributed by atoms with van der Waals surface area (Å²) in [5.74, 6) is 0.856. The van der Waals surface area contributed by atoms with Gasteiger partial charge >= 0.3 is 0 Å². The Balaban J connectivity index is 0.000000222. The summed E-state index contributed by atoms with van der Waals surface area (Å²) in [5.41, 5.74) is 0. The van der Waals surface area contributed by atoms with Crippen LogP contribution in [0.2, 0.25) is 0 Å². The van der Waals surface area contributed by atoms with E-state index in [0.717, 1.165) is 12.9 Å². The monoisotopic (exact) mass is 115 g/mol. The molecule has 0 saturated carbocycles. The maximum Gasteiger partial charge on any atom is 0.137 e. The fourth-order valence-electron chi connectivity index (χ4n) is 0.267. The summed E-state index contributed by atoms with van der Waals surface area (Å²) < 4.78 is 0. The number of rotatable bonds is 0. The number of nitrogens with one attached hydrogen (secondary N) is 1. The van der Waals surface area contributed by atoms with Crippen LogP contribution in [0.1, 0.15) is 5.82 Å². The van der Waals surface area contributed by atoms with Crippen molar-refractivity contribution in [2.24, 2.45) is 0 Å². The van der Waals surface area contributed by atoms with Crippen LogP contribution in [-0.4, -0.2) is 27.4 Å². The summed E-state index contributed by atoms with van der Waals surface area (Å²) in [6, 6.07) is 0. The number of aliphatic hydroxyl groups is 1. The molecule has 0 unspecified atom stereocenters. The third kappa shape index (κ3) is 2.30. The molecule has 1 heterocycles. The van der Waals surface area contributed by atoms with Crippen molar-refractivity contribution in [3.05, 3.63) is 12.2 Å². The van der Waals surface area contributed by atoms with Gasteiger partial charge in [-0.25, -0.2) is 4.98 Å². The minimum absolute atomic E-state index is 0.856. The highest BCUT2D eigenvalue weighted by molar-refractivity contribution is 4.70. The maximum atomic E-state index is 7.00. The van der Waals surface area contributed by atoms with Gasteiger partial charge in [-0.2, -0.15) is 5.10 Å². The molecule has 0 aliphatic heterocycles. The van der Waals surface area contributed by atoms with Crippen molar-refractivity contribution < 1.29 is 5.11 Å². The summed E-state index contributed by atoms with van der Waals surface area (Å²) >= 11 is 0. The topological polar surface area (TPSA) is 61.8 Å². The summed E-state index contributed by atoms with van der Waals surface area (Å²) in [6.45, 7) is 1.85. The zero-order valence-electron chi connectivity index (χ0n) is 4.92. The van der Waals surface area contributed by atoms with Crippen molar-refractivity contribution in [1.82, 2.24) is 15.2 Å². The normalized spacial score (nSPS) is 7.38. The Kier molecular flexibility index (Phi) is 3.78. The average Bonchev–Trinajstić information content (AvgIpc) is 2.24. The molecule has 0 radical (unpaired) electrons. The number of hydrogen-bond donors (Lipinski definition) is 2. The predicted octanol–water partition coefficient (Wildman–Crippen LogP) is -0.278. The Hall–Kier alpha value is -0.900. The number of aliphatic hydroxyl groups excluding tert-OH is 1. The second-order valence-electron chi connectivity index (χ2n) is 1.07. The average molecular weight is 115 g/mol. The SMILES string of the molecule is CO.Cc1ncn[nH]1. The molecule has 0 aliphatic rings. The van der Waals surface area contributed by atoms with Crippen molar-refractivity contribution in [3.8, 4) is 0 Å². The minimum Gasteiger partial charge on any atom is -0.400 e. The van der Waals surface area contributed by atoms with Crippen molar-refractivity contribution in [2.45, 2.75) is 6.92 Å². The van der Waals surface area contributed by atoms with Gasteiger partial charge < -0.3 is 5.11 Å². The predicted molar refractivity (Wildman–Crippen MR) is 29.3 cm³/mol. The lowest BCUT2D eigenvalue weighted by Crippen LogP contribution is -1.68. The van der Waals surface area contributed by atoms with E-state index >= 15 is 0 Å². The number of nitrogens with zero attached hydrogens (tertiary/aromatic N) is 2. The molecule has 0 aliphatic carbocycles. The first kappa shape index (κ1) is 7.10. The Labute approximate surface area is 47.6 Å². The van der Waals surface area contributed by atoms with Crippen LogP contribution in [0.25, 0.3) is 0 Å². The maximum absolute atomic E-state index is 7.00. The van der Waals surface area contributed by atoms with Gasteiger partial charge in [0.1, 0.15) is 12.2 Å². The van der Waals surface area contributed by atoms with E-state index in [0.29, 0.717) is 0 Å². The second-order valence-corrected chi connectivity index (χ2v) is 1.07. The first-order valence-electron chi connectivity index (χ1n) is 2.16. The largest absolute Gasteiger partial charge is 0.400 e. The van der Waals surface area contributed by atoms with Crippen LogP contribution in [0.5, 0.6) is 0 Å². The summed E-state index contributed by atoms with van der Waals surface area (Å²) in [6.07, 6.45) is 1.48. The lowest BCUT2D eigenvalue weighted by Gasteiger charge is -1.66. The summed E-state index contributed by atoms with van der Waals surface area (Å²) in [5, 5.41) is 13.2. The van der Waals surface area contributed by atoms with Crippen LogP contribution in [0.4, 0.5) is 0 Å². The van der Waals surface area contributed by atoms with Gasteiger partial charge in [0, 0.05) is 7.11 Å². The first-order chi connectivity index (χ1) is 3.89. The third-order valence-electron chi connectivity index (χ3n) is 0.535. The Morgan fingerprint density at radius 1 is 1.62 bits per heavy atom. The Morgan fingerprint density at radius 3 is 2.38 bits per heavy atom. The van der Waals surface area contributed by atoms with Gasteiger partial charge in [-0.05, 0) is 6.92 Å². The summed E-state index contributed by atoms with van der Waals surface area (Å²) in [7, 11) is 1.00. The van der Waals surface area contributed by atoms with Crippen molar-refractivity contribution >= 4 is 0 Å². The number of aromatic nitrogens is 3. The van der Waals surface area contributed by atoms with Crippen LogP contribution >= 0.6 is 0 Å². The zero-order chi connectivity index (χ0) is 6.41. The fraction of sp³-hybridized carbons (Fsp3) is 0.500. The molecule has 4 nitrogen and oxygen atoms in total. The zero-order valence-corrected chi connectivity index (χ0v) is 4.92. The molecule has 1 aromatic rings. The van der Waals surface area contributed by atoms with Crippen molar-refractivity contribution in [1.29, 1.82) is 0 Å². The number of aromatic amines is 1. The molecule has 0 amide bonds. The molecule has 0 bridgehead atoms. The van der Waals surface area contributed by atoms with Crippen molar-refractivity contribution in [2.75, 3.05) is 7.11 Å². The lowest BCUT2D eigenvalue weighted by atomic mass is 10.8. The molecule has 0 atom stereocenters. The number of hydrogen-bond acceptors (Lipinski definition) is 3. The summed E-state index contributed by atoms with van der Waals surface area (Å²) in [4.78, 5) is 3.75. The molecule has 0 aromatic carbocycles. The molecular formula is C4H9N3O. The van der Waals surface area contributed by atoms with Gasteiger partial charge in [0.15, 0.2) is 0 Å². The number of aryl methyl sites for hydroxylation is 1. The molecular weight excluding hydrogens is 106 g/mol. The lowest BCUT2D eigenvalue weighted by molar-refractivity contribution is 0.399. The van der Waals surface area contributed by atoms with E-state index in [1.807, 2.05) is 6.92 Å². The highest BCUT2D eigenvalue weighted by Gasteiger charge is 1.75. The van der Waals surface area contributed by atoms with Gasteiger partial charge in [0.05, 0.1) is 0 Å². The Morgan fingerprint density at radius 2 is 2.25 bits per heavy atom. The van der Waals surface area contributed by atoms with E-state index in [-0.39, 0.29) is 0 Å². The van der Waals surface area contributed by atoms with Gasteiger partial charge in [0.25, 0.3) is 0 Å². The molecule has 0 fully saturated rings. The molecule has 2 N–H and O–H groups in total. The molecule has 0 spiro atoms. The van der Waals surface area contributed by atoms with Gasteiger partial charge in [0.2, 0.25) is 0 Å². The van der Waals surface area contributed by atoms with E-state index in [2.05, 4.69) is 15.2 Å². The highest BCUT2D eigenvalue weighted by Crippen LogP contribution is 1.73. The molecule has 4 heteroatoms.